The Hall–Kier alpha value is 2.37. The molecule has 0 saturated carbocycles. The van der Waals surface area contributed by atoms with Gasteiger partial charge in [0.05, 0.1) is 14.4 Å². The maximum Gasteiger partial charge on any atom is 0.0665 e. The summed E-state index contributed by atoms with van der Waals surface area (Å²) >= 11 is 21.4. The van der Waals surface area contributed by atoms with E-state index >= 15 is 0 Å². The molecule has 158 valence electrons. The molecule has 5 atom stereocenters. The highest BCUT2D eigenvalue weighted by molar-refractivity contribution is 8.68. The summed E-state index contributed by atoms with van der Waals surface area (Å²) in [7, 11) is 1.68. The van der Waals surface area contributed by atoms with Crippen LogP contribution in [0.3, 0.4) is 0 Å². The lowest BCUT2D eigenvalue weighted by Crippen LogP contribution is -2.08. The molecule has 2 heterocycles. The Labute approximate surface area is 211 Å². The summed E-state index contributed by atoms with van der Waals surface area (Å²) in [5.74, 6) is 7.13. The first-order valence-corrected chi connectivity index (χ1v) is 18.4. The van der Waals surface area contributed by atoms with Gasteiger partial charge in [0, 0.05) is 39.3 Å². The quantitative estimate of drug-likeness (QED) is 0.165. The fraction of sp³-hybridized carbons (Fsp3) is 0.684. The summed E-state index contributed by atoms with van der Waals surface area (Å²) in [6.45, 7) is 0. The van der Waals surface area contributed by atoms with E-state index in [9.17, 15) is 0 Å². The van der Waals surface area contributed by atoms with E-state index in [2.05, 4.69) is 114 Å². The second-order valence-corrected chi connectivity index (χ2v) is 16.5. The molecule has 0 aliphatic carbocycles. The summed E-state index contributed by atoms with van der Waals surface area (Å²) in [6.07, 6.45) is 3.58. The smallest absolute Gasteiger partial charge is 0.0665 e. The largest absolute Gasteiger partial charge is 0.178 e. The van der Waals surface area contributed by atoms with Crippen LogP contribution in [-0.4, -0.2) is 54.7 Å². The highest BCUT2D eigenvalue weighted by atomic mass is 33.1. The Kier molecular flexibility index (Phi) is 12.3. The summed E-state index contributed by atoms with van der Waals surface area (Å²) in [6, 6.07) is 9.46. The van der Waals surface area contributed by atoms with Crippen LogP contribution in [0, 0.1) is 0 Å². The first kappa shape index (κ1) is 25.0. The van der Waals surface area contributed by atoms with Crippen molar-refractivity contribution in [2.24, 2.45) is 0 Å². The Morgan fingerprint density at radius 3 is 2.57 bits per heavy atom. The minimum Gasteiger partial charge on any atom is -0.178 e. The number of hydrogen-bond acceptors (Lipinski definition) is 9. The SMILES string of the molecule is CSC(c1ccc(CSCCC2SCC(CS)S2)cc1)C1SCC(CSS)S1. The molecule has 2 fully saturated rings. The highest BCUT2D eigenvalue weighted by Crippen LogP contribution is 2.50. The summed E-state index contributed by atoms with van der Waals surface area (Å²) in [5.41, 5.74) is 2.95. The Balaban J connectivity index is 1.41. The van der Waals surface area contributed by atoms with E-state index in [1.807, 2.05) is 11.8 Å². The number of thioether (sulfide) groups is 6. The zero-order valence-electron chi connectivity index (χ0n) is 15.9. The van der Waals surface area contributed by atoms with Crippen LogP contribution in [0.2, 0.25) is 0 Å². The van der Waals surface area contributed by atoms with Crippen molar-refractivity contribution in [3.05, 3.63) is 35.4 Å². The van der Waals surface area contributed by atoms with Crippen LogP contribution < -0.4 is 0 Å². The maximum absolute atomic E-state index is 4.44. The number of hydrogen-bond donors (Lipinski definition) is 2. The highest BCUT2D eigenvalue weighted by Gasteiger charge is 2.32. The molecular weight excluding hydrogens is 517 g/mol. The molecule has 2 aliphatic rings. The molecule has 0 radical (unpaired) electrons. The normalized spacial score (nSPS) is 28.7. The maximum atomic E-state index is 4.44. The van der Waals surface area contributed by atoms with Crippen LogP contribution in [0.5, 0.6) is 0 Å². The van der Waals surface area contributed by atoms with E-state index in [4.69, 9.17) is 0 Å². The van der Waals surface area contributed by atoms with E-state index in [-0.39, 0.29) is 0 Å². The second kappa shape index (κ2) is 13.8. The van der Waals surface area contributed by atoms with Crippen molar-refractivity contribution < 1.29 is 0 Å². The Bertz CT molecular complexity index is 567. The molecule has 2 aliphatic heterocycles. The first-order valence-electron chi connectivity index (χ1n) is 9.34. The van der Waals surface area contributed by atoms with Crippen molar-refractivity contribution in [3.8, 4) is 0 Å². The predicted octanol–water partition coefficient (Wildman–Crippen LogP) is 7.57. The molecule has 0 N–H and O–H groups in total. The minimum absolute atomic E-state index is 0.586. The zero-order valence-corrected chi connectivity index (χ0v) is 23.4. The number of benzene rings is 1. The topological polar surface area (TPSA) is 0 Å². The molecule has 28 heavy (non-hydrogen) atoms. The first-order chi connectivity index (χ1) is 13.7. The lowest BCUT2D eigenvalue weighted by molar-refractivity contribution is 1.07. The molecule has 3 rings (SSSR count). The number of thiol groups is 2. The van der Waals surface area contributed by atoms with Crippen molar-refractivity contribution >= 4 is 106 Å². The summed E-state index contributed by atoms with van der Waals surface area (Å²) in [5, 5.41) is 2.10. The van der Waals surface area contributed by atoms with Crippen LogP contribution >= 0.6 is 106 Å². The molecule has 0 spiro atoms. The molecule has 9 heteroatoms. The standard InChI is InChI=1S/C19H28S9/c1-22-18(19-25-11-16(28-19)12-26-21)14-4-2-13(3-5-14)9-23-7-6-17-24-10-15(8-20)27-17/h2-5,15-21H,6-12H2,1H3. The van der Waals surface area contributed by atoms with Gasteiger partial charge >= 0.3 is 0 Å². The third-order valence-corrected chi connectivity index (χ3v) is 15.8. The monoisotopic (exact) mass is 544 g/mol. The fourth-order valence-electron chi connectivity index (χ4n) is 3.13. The lowest BCUT2D eigenvalue weighted by Gasteiger charge is -2.21. The average molecular weight is 545 g/mol. The van der Waals surface area contributed by atoms with Gasteiger partial charge in [-0.25, -0.2) is 0 Å². The van der Waals surface area contributed by atoms with Crippen molar-refractivity contribution in [1.29, 1.82) is 0 Å². The third kappa shape index (κ3) is 7.75. The van der Waals surface area contributed by atoms with Crippen LogP contribution in [-0.2, 0) is 5.75 Å². The van der Waals surface area contributed by atoms with E-state index in [1.54, 1.807) is 10.8 Å². The van der Waals surface area contributed by atoms with Gasteiger partial charge in [-0.3, -0.25) is 0 Å². The summed E-state index contributed by atoms with van der Waals surface area (Å²) < 4.78 is 1.46. The molecule has 0 bridgehead atoms. The molecule has 2 saturated heterocycles. The zero-order chi connectivity index (χ0) is 19.8. The Morgan fingerprint density at radius 1 is 1.11 bits per heavy atom. The van der Waals surface area contributed by atoms with Crippen LogP contribution in [0.1, 0.15) is 22.8 Å². The molecule has 1 aromatic carbocycles. The second-order valence-electron chi connectivity index (χ2n) is 6.70. The molecule has 5 unspecified atom stereocenters. The average Bonchev–Trinajstić information content (AvgIpc) is 3.37. The van der Waals surface area contributed by atoms with Gasteiger partial charge in [-0.1, -0.05) is 35.1 Å². The molecular formula is C19H28S9. The lowest BCUT2D eigenvalue weighted by atomic mass is 10.1. The molecule has 0 aromatic heterocycles. The van der Waals surface area contributed by atoms with Gasteiger partial charge in [-0.2, -0.15) is 36.2 Å². The Morgan fingerprint density at radius 2 is 1.89 bits per heavy atom. The van der Waals surface area contributed by atoms with Crippen LogP contribution in [0.25, 0.3) is 0 Å². The van der Waals surface area contributed by atoms with Gasteiger partial charge in [0.1, 0.15) is 0 Å². The van der Waals surface area contributed by atoms with Gasteiger partial charge in [0.15, 0.2) is 0 Å². The van der Waals surface area contributed by atoms with Gasteiger partial charge < -0.3 is 0 Å². The molecule has 0 nitrogen and oxygen atoms in total. The minimum atomic E-state index is 0.586. The van der Waals surface area contributed by atoms with E-state index in [0.29, 0.717) is 9.83 Å². The van der Waals surface area contributed by atoms with Gasteiger partial charge in [0.2, 0.25) is 0 Å². The third-order valence-electron chi connectivity index (χ3n) is 4.63. The summed E-state index contributed by atoms with van der Waals surface area (Å²) in [4.78, 5) is 0. The van der Waals surface area contributed by atoms with Gasteiger partial charge in [0.25, 0.3) is 0 Å². The van der Waals surface area contributed by atoms with Gasteiger partial charge in [-0.15, -0.1) is 58.7 Å². The molecule has 1 aromatic rings. The van der Waals surface area contributed by atoms with Gasteiger partial charge in [-0.05, 0) is 29.6 Å². The fourth-order valence-corrected chi connectivity index (χ4v) is 14.8. The van der Waals surface area contributed by atoms with E-state index in [0.717, 1.165) is 32.3 Å². The van der Waals surface area contributed by atoms with Crippen molar-refractivity contribution in [1.82, 2.24) is 0 Å². The van der Waals surface area contributed by atoms with Crippen LogP contribution in [0.15, 0.2) is 24.3 Å². The van der Waals surface area contributed by atoms with Crippen molar-refractivity contribution in [2.45, 2.75) is 37.1 Å². The van der Waals surface area contributed by atoms with Crippen molar-refractivity contribution in [3.63, 3.8) is 0 Å². The van der Waals surface area contributed by atoms with Crippen LogP contribution in [0.4, 0.5) is 0 Å². The number of rotatable bonds is 11. The van der Waals surface area contributed by atoms with Crippen molar-refractivity contribution in [2.75, 3.05) is 35.0 Å². The van der Waals surface area contributed by atoms with E-state index < -0.39 is 0 Å². The predicted molar refractivity (Wildman–Crippen MR) is 154 cm³/mol. The molecule has 0 amide bonds. The van der Waals surface area contributed by atoms with E-state index in [1.165, 1.54) is 34.8 Å².